The van der Waals surface area contributed by atoms with Crippen LogP contribution in [0.2, 0.25) is 0 Å². The number of aliphatic hydroxyl groups is 1. The van der Waals surface area contributed by atoms with Crippen LogP contribution in [0.4, 0.5) is 17.1 Å². The smallest absolute Gasteiger partial charge is 0.315 e. The number of hydrogen-bond donors (Lipinski definition) is 2. The van der Waals surface area contributed by atoms with Crippen LogP contribution < -0.4 is 10.2 Å². The van der Waals surface area contributed by atoms with Crippen molar-refractivity contribution < 1.29 is 10.0 Å². The third-order valence-electron chi connectivity index (χ3n) is 3.78. The molecule has 21 heavy (non-hydrogen) atoms. The summed E-state index contributed by atoms with van der Waals surface area (Å²) in [6, 6.07) is 5.32. The number of piperidine rings is 1. The fourth-order valence-corrected chi connectivity index (χ4v) is 2.81. The Kier molecular flexibility index (Phi) is 4.67. The maximum absolute atomic E-state index is 11.5. The second-order valence-electron chi connectivity index (χ2n) is 5.88. The minimum atomic E-state index is -0.793. The van der Waals surface area contributed by atoms with Crippen molar-refractivity contribution >= 4 is 17.1 Å². The van der Waals surface area contributed by atoms with Gasteiger partial charge in [0.2, 0.25) is 0 Å². The highest BCUT2D eigenvalue weighted by Gasteiger charge is 2.32. The van der Waals surface area contributed by atoms with Crippen molar-refractivity contribution in [2.24, 2.45) is 0 Å². The van der Waals surface area contributed by atoms with Crippen LogP contribution in [0.25, 0.3) is 0 Å². The predicted molar refractivity (Wildman–Crippen MR) is 83.9 cm³/mol. The number of rotatable bonds is 5. The van der Waals surface area contributed by atoms with Gasteiger partial charge in [-0.15, -0.1) is 0 Å². The monoisotopic (exact) mass is 293 g/mol. The van der Waals surface area contributed by atoms with Crippen LogP contribution >= 0.6 is 0 Å². The van der Waals surface area contributed by atoms with Crippen molar-refractivity contribution in [2.45, 2.75) is 38.7 Å². The third-order valence-corrected chi connectivity index (χ3v) is 3.78. The van der Waals surface area contributed by atoms with E-state index in [9.17, 15) is 15.2 Å². The van der Waals surface area contributed by atoms with E-state index in [4.69, 9.17) is 0 Å². The molecule has 0 aliphatic carbocycles. The van der Waals surface area contributed by atoms with E-state index in [0.717, 1.165) is 25.8 Å². The van der Waals surface area contributed by atoms with Crippen LogP contribution in [0, 0.1) is 10.1 Å². The minimum Gasteiger partial charge on any atom is -0.388 e. The lowest BCUT2D eigenvalue weighted by molar-refractivity contribution is -0.383. The zero-order chi connectivity index (χ0) is 15.5. The normalized spacial score (nSPS) is 22.1. The van der Waals surface area contributed by atoms with Gasteiger partial charge in [-0.25, -0.2) is 0 Å². The SMILES string of the molecule is CCCNc1cccc(N2CCCC(C)(O)C2)c1[N+](=O)[O-]. The van der Waals surface area contributed by atoms with Gasteiger partial charge in [-0.2, -0.15) is 0 Å². The van der Waals surface area contributed by atoms with E-state index in [0.29, 0.717) is 24.5 Å². The van der Waals surface area contributed by atoms with Gasteiger partial charge in [0.05, 0.1) is 10.5 Å². The van der Waals surface area contributed by atoms with E-state index in [1.807, 2.05) is 17.9 Å². The fourth-order valence-electron chi connectivity index (χ4n) is 2.81. The van der Waals surface area contributed by atoms with Gasteiger partial charge >= 0.3 is 5.69 Å². The average Bonchev–Trinajstić information content (AvgIpc) is 2.43. The summed E-state index contributed by atoms with van der Waals surface area (Å²) >= 11 is 0. The van der Waals surface area contributed by atoms with Gasteiger partial charge in [0.1, 0.15) is 11.4 Å². The van der Waals surface area contributed by atoms with Gasteiger partial charge in [-0.05, 0) is 38.3 Å². The van der Waals surface area contributed by atoms with E-state index >= 15 is 0 Å². The highest BCUT2D eigenvalue weighted by molar-refractivity contribution is 5.77. The van der Waals surface area contributed by atoms with E-state index < -0.39 is 5.60 Å². The van der Waals surface area contributed by atoms with Crippen molar-refractivity contribution in [2.75, 3.05) is 29.9 Å². The van der Waals surface area contributed by atoms with Crippen molar-refractivity contribution in [1.29, 1.82) is 0 Å². The van der Waals surface area contributed by atoms with Crippen molar-refractivity contribution in [1.82, 2.24) is 0 Å². The molecule has 1 aromatic rings. The Bertz CT molecular complexity index is 517. The zero-order valence-electron chi connectivity index (χ0n) is 12.6. The molecule has 0 spiro atoms. The summed E-state index contributed by atoms with van der Waals surface area (Å²) in [5, 5.41) is 24.8. The Hall–Kier alpha value is -1.82. The molecule has 2 N–H and O–H groups in total. The number of hydrogen-bond acceptors (Lipinski definition) is 5. The molecule has 1 atom stereocenters. The number of benzene rings is 1. The lowest BCUT2D eigenvalue weighted by atomic mass is 9.94. The summed E-state index contributed by atoms with van der Waals surface area (Å²) in [6.07, 6.45) is 2.46. The van der Waals surface area contributed by atoms with E-state index in [2.05, 4.69) is 5.32 Å². The molecule has 1 unspecified atom stereocenters. The van der Waals surface area contributed by atoms with Crippen molar-refractivity contribution in [3.05, 3.63) is 28.3 Å². The van der Waals surface area contributed by atoms with Crippen LogP contribution in [0.3, 0.4) is 0 Å². The highest BCUT2D eigenvalue weighted by atomic mass is 16.6. The van der Waals surface area contributed by atoms with E-state index in [-0.39, 0.29) is 10.6 Å². The molecule has 0 aromatic heterocycles. The van der Waals surface area contributed by atoms with Gasteiger partial charge in [-0.3, -0.25) is 10.1 Å². The molecule has 0 radical (unpaired) electrons. The average molecular weight is 293 g/mol. The first-order valence-corrected chi connectivity index (χ1v) is 7.43. The van der Waals surface area contributed by atoms with Gasteiger partial charge in [-0.1, -0.05) is 13.0 Å². The molecule has 6 nitrogen and oxygen atoms in total. The maximum atomic E-state index is 11.5. The standard InChI is InChI=1S/C15H23N3O3/c1-3-9-16-12-6-4-7-13(14(12)18(20)21)17-10-5-8-15(2,19)11-17/h4,6-7,16,19H,3,5,8-11H2,1-2H3. The Morgan fingerprint density at radius 3 is 2.90 bits per heavy atom. The number of nitrogens with one attached hydrogen (secondary N) is 1. The summed E-state index contributed by atoms with van der Waals surface area (Å²) in [4.78, 5) is 13.1. The Labute approximate surface area is 124 Å². The van der Waals surface area contributed by atoms with Crippen LogP contribution in [0.5, 0.6) is 0 Å². The first-order chi connectivity index (χ1) is 9.94. The Morgan fingerprint density at radius 2 is 2.29 bits per heavy atom. The minimum absolute atomic E-state index is 0.101. The highest BCUT2D eigenvalue weighted by Crippen LogP contribution is 2.37. The van der Waals surface area contributed by atoms with Gasteiger partial charge in [0.15, 0.2) is 0 Å². The number of β-amino-alcohol motifs (C(OH)–C–C–N with tert-alkyl or cyclic N) is 1. The largest absolute Gasteiger partial charge is 0.388 e. The summed E-state index contributed by atoms with van der Waals surface area (Å²) in [5.41, 5.74) is 0.438. The summed E-state index contributed by atoms with van der Waals surface area (Å²) in [7, 11) is 0. The van der Waals surface area contributed by atoms with Crippen LogP contribution in [0.1, 0.15) is 33.1 Å². The van der Waals surface area contributed by atoms with E-state index in [1.54, 1.807) is 19.1 Å². The maximum Gasteiger partial charge on any atom is 0.315 e. The van der Waals surface area contributed by atoms with Crippen LogP contribution in [-0.4, -0.2) is 35.3 Å². The first kappa shape index (κ1) is 15.6. The number of anilines is 2. The molecule has 2 rings (SSSR count). The molecule has 116 valence electrons. The molecular weight excluding hydrogens is 270 g/mol. The van der Waals surface area contributed by atoms with Gasteiger partial charge in [0, 0.05) is 19.6 Å². The molecule has 0 bridgehead atoms. The molecule has 1 aliphatic heterocycles. The molecule has 0 amide bonds. The molecular formula is C15H23N3O3. The van der Waals surface area contributed by atoms with Gasteiger partial charge in [0.25, 0.3) is 0 Å². The molecule has 1 aromatic carbocycles. The molecule has 1 fully saturated rings. The topological polar surface area (TPSA) is 78.6 Å². The van der Waals surface area contributed by atoms with Crippen LogP contribution in [0.15, 0.2) is 18.2 Å². The van der Waals surface area contributed by atoms with Crippen LogP contribution in [-0.2, 0) is 0 Å². The second kappa shape index (κ2) is 6.30. The molecule has 0 saturated carbocycles. The number of nitro benzene ring substituents is 1. The fraction of sp³-hybridized carbons (Fsp3) is 0.600. The zero-order valence-corrected chi connectivity index (χ0v) is 12.6. The number of para-hydroxylation sites is 1. The predicted octanol–water partition coefficient (Wildman–Crippen LogP) is 2.77. The molecule has 6 heteroatoms. The molecule has 1 aliphatic rings. The first-order valence-electron chi connectivity index (χ1n) is 7.43. The Balaban J connectivity index is 2.36. The van der Waals surface area contributed by atoms with Crippen molar-refractivity contribution in [3.8, 4) is 0 Å². The van der Waals surface area contributed by atoms with Gasteiger partial charge < -0.3 is 15.3 Å². The lowest BCUT2D eigenvalue weighted by Gasteiger charge is -2.38. The second-order valence-corrected chi connectivity index (χ2v) is 5.88. The molecule has 1 saturated heterocycles. The van der Waals surface area contributed by atoms with Crippen molar-refractivity contribution in [3.63, 3.8) is 0 Å². The van der Waals surface area contributed by atoms with E-state index in [1.165, 1.54) is 0 Å². The molecule has 1 heterocycles. The summed E-state index contributed by atoms with van der Waals surface area (Å²) in [5.74, 6) is 0. The lowest BCUT2D eigenvalue weighted by Crippen LogP contribution is -2.46. The third kappa shape index (κ3) is 3.64. The number of nitrogens with zero attached hydrogens (tertiary/aromatic N) is 2. The quantitative estimate of drug-likeness (QED) is 0.644. The number of nitro groups is 1. The Morgan fingerprint density at radius 1 is 1.52 bits per heavy atom. The summed E-state index contributed by atoms with van der Waals surface area (Å²) < 4.78 is 0. The summed E-state index contributed by atoms with van der Waals surface area (Å²) in [6.45, 7) is 5.65.